The van der Waals surface area contributed by atoms with Gasteiger partial charge in [-0.15, -0.1) is 0 Å². The number of imide groups is 1. The molecule has 5 fully saturated rings. The minimum absolute atomic E-state index is 0.0254. The molecular formula is C36H51NO6. The first-order valence-electron chi connectivity index (χ1n) is 17.3. The second kappa shape index (κ2) is 13.3. The minimum Gasteiger partial charge on any atom is -0.465 e. The molecule has 0 radical (unpaired) electrons. The van der Waals surface area contributed by atoms with Crippen LogP contribution >= 0.6 is 0 Å². The van der Waals surface area contributed by atoms with E-state index in [1.54, 1.807) is 6.92 Å². The lowest BCUT2D eigenvalue weighted by Gasteiger charge is -2.43. The highest BCUT2D eigenvalue weighted by atomic mass is 16.5. The minimum atomic E-state index is -0.241. The van der Waals surface area contributed by atoms with Crippen molar-refractivity contribution in [3.8, 4) is 0 Å². The van der Waals surface area contributed by atoms with E-state index in [1.807, 2.05) is 0 Å². The molecule has 5 saturated carbocycles. The molecule has 43 heavy (non-hydrogen) atoms. The molecule has 7 heteroatoms. The molecule has 10 atom stereocenters. The smallest absolute Gasteiger partial charge is 0.333 e. The zero-order valence-electron chi connectivity index (χ0n) is 26.1. The Balaban J connectivity index is 0.819. The maximum Gasteiger partial charge on any atom is 0.333 e. The van der Waals surface area contributed by atoms with Gasteiger partial charge in [-0.2, -0.15) is 0 Å². The molecule has 7 nitrogen and oxygen atoms in total. The van der Waals surface area contributed by atoms with Crippen LogP contribution in [0.25, 0.3) is 0 Å². The van der Waals surface area contributed by atoms with Crippen molar-refractivity contribution in [1.82, 2.24) is 4.90 Å². The zero-order chi connectivity index (χ0) is 30.1. The van der Waals surface area contributed by atoms with Crippen molar-refractivity contribution >= 4 is 23.8 Å². The maximum absolute atomic E-state index is 12.5. The summed E-state index contributed by atoms with van der Waals surface area (Å²) in [6.45, 7) is 7.16. The van der Waals surface area contributed by atoms with Gasteiger partial charge in [0.2, 0.25) is 0 Å². The van der Waals surface area contributed by atoms with Crippen molar-refractivity contribution < 1.29 is 28.7 Å². The van der Waals surface area contributed by atoms with Gasteiger partial charge in [-0.05, 0) is 111 Å². The fourth-order valence-electron chi connectivity index (χ4n) is 10.7. The molecule has 236 valence electrons. The van der Waals surface area contributed by atoms with Gasteiger partial charge in [-0.3, -0.25) is 19.3 Å². The number of ether oxygens (including phenoxy) is 2. The third kappa shape index (κ3) is 6.38. The molecule has 0 spiro atoms. The van der Waals surface area contributed by atoms with E-state index in [-0.39, 0.29) is 23.8 Å². The number of hydrogen-bond donors (Lipinski definition) is 0. The lowest BCUT2D eigenvalue weighted by molar-refractivity contribution is -0.145. The SMILES string of the molecule is C=C(C)C(=O)OCC1CC2CC1C1C3CC(C4CC(COC(=O)CCCCCCCCCCN5C(=O)C=CC5=O)CC43)C21. The average Bonchev–Trinajstić information content (AvgIpc) is 3.81. The standard InChI is InChI=1S/C36H51NO6/c1-22(2)36(41)43-21-25-17-24-18-26(25)35-30-19-29(34(24)35)27-15-23(16-28(27)30)20-42-33(40)11-9-7-5-3-4-6-8-10-14-37-31(38)12-13-32(37)39/h12-13,23-30,34-35H,1,3-11,14-21H2,2H3. The predicted molar refractivity (Wildman–Crippen MR) is 162 cm³/mol. The second-order valence-electron chi connectivity index (χ2n) is 14.8. The Bertz CT molecular complexity index is 1110. The van der Waals surface area contributed by atoms with Crippen LogP contribution in [0.5, 0.6) is 0 Å². The van der Waals surface area contributed by atoms with Crippen LogP contribution in [-0.4, -0.2) is 48.4 Å². The Morgan fingerprint density at radius 3 is 2.05 bits per heavy atom. The lowest BCUT2D eigenvalue weighted by Crippen LogP contribution is -2.39. The first kappa shape index (κ1) is 30.6. The monoisotopic (exact) mass is 593 g/mol. The molecule has 2 amide bonds. The van der Waals surface area contributed by atoms with E-state index in [0.29, 0.717) is 43.6 Å². The van der Waals surface area contributed by atoms with Gasteiger partial charge in [-0.25, -0.2) is 4.79 Å². The Hall–Kier alpha value is -2.44. The molecule has 0 N–H and O–H groups in total. The highest BCUT2D eigenvalue weighted by Crippen LogP contribution is 2.74. The van der Waals surface area contributed by atoms with E-state index in [0.717, 1.165) is 98.7 Å². The molecule has 4 bridgehead atoms. The number of carbonyl (C=O) groups excluding carboxylic acids is 4. The second-order valence-corrected chi connectivity index (χ2v) is 14.8. The summed E-state index contributed by atoms with van der Waals surface area (Å²) in [5.41, 5.74) is 0.493. The van der Waals surface area contributed by atoms with Crippen LogP contribution < -0.4 is 0 Å². The fraction of sp³-hybridized carbons (Fsp3) is 0.778. The van der Waals surface area contributed by atoms with E-state index < -0.39 is 0 Å². The number of rotatable bonds is 16. The molecule has 0 aromatic carbocycles. The van der Waals surface area contributed by atoms with E-state index in [1.165, 1.54) is 49.2 Å². The summed E-state index contributed by atoms with van der Waals surface area (Å²) in [7, 11) is 0. The van der Waals surface area contributed by atoms with Gasteiger partial charge < -0.3 is 9.47 Å². The predicted octanol–water partition coefficient (Wildman–Crippen LogP) is 6.27. The van der Waals surface area contributed by atoms with E-state index in [2.05, 4.69) is 6.58 Å². The Morgan fingerprint density at radius 1 is 0.744 bits per heavy atom. The van der Waals surface area contributed by atoms with Gasteiger partial charge in [0.05, 0.1) is 13.2 Å². The summed E-state index contributed by atoms with van der Waals surface area (Å²) >= 11 is 0. The molecule has 6 rings (SSSR count). The third-order valence-electron chi connectivity index (χ3n) is 12.3. The number of fused-ring (bicyclic) bond motifs is 12. The van der Waals surface area contributed by atoms with Crippen molar-refractivity contribution in [3.05, 3.63) is 24.3 Å². The summed E-state index contributed by atoms with van der Waals surface area (Å²) in [6, 6.07) is 0. The number of nitrogens with zero attached hydrogens (tertiary/aromatic N) is 1. The van der Waals surface area contributed by atoms with Gasteiger partial charge in [0.25, 0.3) is 11.8 Å². The van der Waals surface area contributed by atoms with Crippen molar-refractivity contribution in [2.75, 3.05) is 19.8 Å². The molecule has 5 aliphatic carbocycles. The number of carbonyl (C=O) groups is 4. The van der Waals surface area contributed by atoms with Gasteiger partial charge >= 0.3 is 11.9 Å². The molecule has 0 saturated heterocycles. The Kier molecular flexibility index (Phi) is 9.44. The first-order valence-corrected chi connectivity index (χ1v) is 17.3. The molecule has 6 aliphatic rings. The van der Waals surface area contributed by atoms with Crippen LogP contribution in [0.15, 0.2) is 24.3 Å². The number of hydrogen-bond acceptors (Lipinski definition) is 6. The Labute approximate surface area is 257 Å². The van der Waals surface area contributed by atoms with Crippen LogP contribution in [0.3, 0.4) is 0 Å². The highest BCUT2D eigenvalue weighted by Gasteiger charge is 2.68. The maximum atomic E-state index is 12.5. The van der Waals surface area contributed by atoms with Crippen LogP contribution in [0.1, 0.15) is 96.8 Å². The summed E-state index contributed by atoms with van der Waals surface area (Å²) in [5.74, 6) is 7.10. The summed E-state index contributed by atoms with van der Waals surface area (Å²) in [4.78, 5) is 48.9. The topological polar surface area (TPSA) is 90.0 Å². The quantitative estimate of drug-likeness (QED) is 0.0690. The summed E-state index contributed by atoms with van der Waals surface area (Å²) in [6.07, 6.45) is 18.1. The fourth-order valence-corrected chi connectivity index (χ4v) is 10.7. The first-order chi connectivity index (χ1) is 20.8. The van der Waals surface area contributed by atoms with Gasteiger partial charge in [0, 0.05) is 30.7 Å². The molecular weight excluding hydrogens is 542 g/mol. The molecule has 1 aliphatic heterocycles. The van der Waals surface area contributed by atoms with Crippen LogP contribution in [0, 0.1) is 59.2 Å². The third-order valence-corrected chi connectivity index (χ3v) is 12.3. The normalized spacial score (nSPS) is 36.4. The zero-order valence-corrected chi connectivity index (χ0v) is 26.1. The van der Waals surface area contributed by atoms with E-state index >= 15 is 0 Å². The van der Waals surface area contributed by atoms with E-state index in [9.17, 15) is 19.2 Å². The summed E-state index contributed by atoms with van der Waals surface area (Å²) < 4.78 is 11.4. The largest absolute Gasteiger partial charge is 0.465 e. The molecule has 10 unspecified atom stereocenters. The number of esters is 2. The van der Waals surface area contributed by atoms with Gasteiger partial charge in [-0.1, -0.05) is 45.1 Å². The molecule has 1 heterocycles. The number of amides is 2. The van der Waals surface area contributed by atoms with Crippen LogP contribution in [0.2, 0.25) is 0 Å². The lowest BCUT2D eigenvalue weighted by atomic mass is 9.62. The van der Waals surface area contributed by atoms with E-state index in [4.69, 9.17) is 9.47 Å². The molecule has 0 aromatic rings. The average molecular weight is 594 g/mol. The van der Waals surface area contributed by atoms with Crippen molar-refractivity contribution in [1.29, 1.82) is 0 Å². The van der Waals surface area contributed by atoms with Crippen molar-refractivity contribution in [2.24, 2.45) is 59.2 Å². The van der Waals surface area contributed by atoms with Crippen LogP contribution in [-0.2, 0) is 28.7 Å². The summed E-state index contributed by atoms with van der Waals surface area (Å²) in [5, 5.41) is 0. The van der Waals surface area contributed by atoms with Crippen molar-refractivity contribution in [3.63, 3.8) is 0 Å². The van der Waals surface area contributed by atoms with Crippen LogP contribution in [0.4, 0.5) is 0 Å². The Morgan fingerprint density at radius 2 is 1.37 bits per heavy atom. The highest BCUT2D eigenvalue weighted by molar-refractivity contribution is 6.12. The molecule has 0 aromatic heterocycles. The number of unbranched alkanes of at least 4 members (excludes halogenated alkanes) is 7. The van der Waals surface area contributed by atoms with Gasteiger partial charge in [0.1, 0.15) is 0 Å². The van der Waals surface area contributed by atoms with Gasteiger partial charge in [0.15, 0.2) is 0 Å². The van der Waals surface area contributed by atoms with Crippen molar-refractivity contribution in [2.45, 2.75) is 96.8 Å².